The van der Waals surface area contributed by atoms with Crippen LogP contribution in [0.3, 0.4) is 0 Å². The van der Waals surface area contributed by atoms with E-state index in [-0.39, 0.29) is 6.10 Å². The van der Waals surface area contributed by atoms with Gasteiger partial charge in [-0.1, -0.05) is 36.4 Å². The van der Waals surface area contributed by atoms with E-state index in [1.54, 1.807) is 0 Å². The molecule has 1 aromatic carbocycles. The molecule has 0 spiro atoms. The van der Waals surface area contributed by atoms with Crippen LogP contribution in [0.2, 0.25) is 0 Å². The SMILES string of the molecule is C=C[C@@H]1CCCO[C@H]1c1ccccc1. The van der Waals surface area contributed by atoms with E-state index < -0.39 is 0 Å². The summed E-state index contributed by atoms with van der Waals surface area (Å²) in [5, 5.41) is 0. The van der Waals surface area contributed by atoms with Gasteiger partial charge in [0.15, 0.2) is 0 Å². The molecule has 0 amide bonds. The first-order valence-electron chi connectivity index (χ1n) is 5.21. The van der Waals surface area contributed by atoms with Crippen molar-refractivity contribution in [3.05, 3.63) is 48.6 Å². The van der Waals surface area contributed by atoms with Gasteiger partial charge in [-0.3, -0.25) is 0 Å². The highest BCUT2D eigenvalue weighted by Gasteiger charge is 2.24. The van der Waals surface area contributed by atoms with Crippen LogP contribution < -0.4 is 0 Å². The van der Waals surface area contributed by atoms with Crippen molar-refractivity contribution in [1.29, 1.82) is 0 Å². The Balaban J connectivity index is 2.19. The minimum atomic E-state index is 0.224. The van der Waals surface area contributed by atoms with Crippen LogP contribution in [0.15, 0.2) is 43.0 Å². The summed E-state index contributed by atoms with van der Waals surface area (Å²) in [5.74, 6) is 0.478. The number of ether oxygens (including phenoxy) is 1. The zero-order chi connectivity index (χ0) is 9.80. The smallest absolute Gasteiger partial charge is 0.0887 e. The quantitative estimate of drug-likeness (QED) is 0.647. The highest BCUT2D eigenvalue weighted by atomic mass is 16.5. The monoisotopic (exact) mass is 188 g/mol. The fourth-order valence-electron chi connectivity index (χ4n) is 2.03. The van der Waals surface area contributed by atoms with Crippen LogP contribution in [0.4, 0.5) is 0 Å². The van der Waals surface area contributed by atoms with Crippen molar-refractivity contribution < 1.29 is 4.74 Å². The lowest BCUT2D eigenvalue weighted by Gasteiger charge is -2.29. The fourth-order valence-corrected chi connectivity index (χ4v) is 2.03. The number of rotatable bonds is 2. The van der Waals surface area contributed by atoms with Gasteiger partial charge in [0.05, 0.1) is 6.10 Å². The molecular formula is C13H16O. The fraction of sp³-hybridized carbons (Fsp3) is 0.385. The van der Waals surface area contributed by atoms with Crippen molar-refractivity contribution in [1.82, 2.24) is 0 Å². The predicted molar refractivity (Wildman–Crippen MR) is 58.1 cm³/mol. The first-order valence-corrected chi connectivity index (χ1v) is 5.21. The highest BCUT2D eigenvalue weighted by molar-refractivity contribution is 5.19. The Bertz CT molecular complexity index is 291. The molecule has 1 aliphatic rings. The summed E-state index contributed by atoms with van der Waals surface area (Å²) in [6.07, 6.45) is 4.60. The number of hydrogen-bond donors (Lipinski definition) is 0. The second-order valence-corrected chi connectivity index (χ2v) is 3.74. The Morgan fingerprint density at radius 2 is 2.07 bits per heavy atom. The molecule has 0 aromatic heterocycles. The number of hydrogen-bond acceptors (Lipinski definition) is 1. The molecule has 74 valence electrons. The van der Waals surface area contributed by atoms with E-state index in [0.717, 1.165) is 13.0 Å². The van der Waals surface area contributed by atoms with Crippen molar-refractivity contribution in [2.24, 2.45) is 5.92 Å². The van der Waals surface area contributed by atoms with Gasteiger partial charge in [-0.2, -0.15) is 0 Å². The van der Waals surface area contributed by atoms with E-state index in [1.165, 1.54) is 12.0 Å². The molecular weight excluding hydrogens is 172 g/mol. The van der Waals surface area contributed by atoms with Crippen LogP contribution in [-0.2, 0) is 4.74 Å². The Morgan fingerprint density at radius 3 is 2.79 bits per heavy atom. The minimum absolute atomic E-state index is 0.224. The van der Waals surface area contributed by atoms with Gasteiger partial charge in [-0.05, 0) is 18.4 Å². The first kappa shape index (κ1) is 9.47. The summed E-state index contributed by atoms with van der Waals surface area (Å²) < 4.78 is 5.80. The Morgan fingerprint density at radius 1 is 1.29 bits per heavy atom. The molecule has 0 saturated carbocycles. The third-order valence-corrected chi connectivity index (χ3v) is 2.80. The highest BCUT2D eigenvalue weighted by Crippen LogP contribution is 2.33. The van der Waals surface area contributed by atoms with Crippen LogP contribution in [0.1, 0.15) is 24.5 Å². The standard InChI is InChI=1S/C13H16O/c1-2-11-9-6-10-14-13(11)12-7-4-3-5-8-12/h2-5,7-8,11,13H,1,6,9-10H2/t11-,13-/m1/s1. The molecule has 1 fully saturated rings. The molecule has 0 bridgehead atoms. The summed E-state index contributed by atoms with van der Waals surface area (Å²) in [6, 6.07) is 10.4. The molecule has 1 heterocycles. The topological polar surface area (TPSA) is 9.23 Å². The third-order valence-electron chi connectivity index (χ3n) is 2.80. The molecule has 0 radical (unpaired) electrons. The van der Waals surface area contributed by atoms with Gasteiger partial charge >= 0.3 is 0 Å². The van der Waals surface area contributed by atoms with E-state index in [9.17, 15) is 0 Å². The number of benzene rings is 1. The van der Waals surface area contributed by atoms with Gasteiger partial charge in [-0.25, -0.2) is 0 Å². The molecule has 14 heavy (non-hydrogen) atoms. The van der Waals surface area contributed by atoms with Gasteiger partial charge in [0.2, 0.25) is 0 Å². The molecule has 1 aliphatic heterocycles. The molecule has 1 nitrogen and oxygen atoms in total. The van der Waals surface area contributed by atoms with E-state index >= 15 is 0 Å². The molecule has 0 aliphatic carbocycles. The normalized spacial score (nSPS) is 27.1. The van der Waals surface area contributed by atoms with Gasteiger partial charge in [0, 0.05) is 12.5 Å². The lowest BCUT2D eigenvalue weighted by molar-refractivity contribution is -0.0124. The van der Waals surface area contributed by atoms with E-state index in [2.05, 4.69) is 30.8 Å². The van der Waals surface area contributed by atoms with Crippen LogP contribution in [0, 0.1) is 5.92 Å². The maximum atomic E-state index is 5.80. The van der Waals surface area contributed by atoms with Crippen LogP contribution in [0.25, 0.3) is 0 Å². The molecule has 1 heteroatoms. The maximum absolute atomic E-state index is 5.80. The lowest BCUT2D eigenvalue weighted by Crippen LogP contribution is -2.20. The summed E-state index contributed by atoms with van der Waals surface area (Å²) >= 11 is 0. The molecule has 1 aromatic rings. The second kappa shape index (κ2) is 4.43. The van der Waals surface area contributed by atoms with Gasteiger partial charge < -0.3 is 4.74 Å². The van der Waals surface area contributed by atoms with Gasteiger partial charge in [0.1, 0.15) is 0 Å². The largest absolute Gasteiger partial charge is 0.373 e. The van der Waals surface area contributed by atoms with Crippen molar-refractivity contribution in [2.45, 2.75) is 18.9 Å². The average Bonchev–Trinajstić information content (AvgIpc) is 2.30. The van der Waals surface area contributed by atoms with Gasteiger partial charge in [0.25, 0.3) is 0 Å². The Labute approximate surface area is 85.4 Å². The summed E-state index contributed by atoms with van der Waals surface area (Å²) in [6.45, 7) is 4.76. The van der Waals surface area contributed by atoms with E-state index in [0.29, 0.717) is 5.92 Å². The summed E-state index contributed by atoms with van der Waals surface area (Å²) in [4.78, 5) is 0. The molecule has 0 N–H and O–H groups in total. The van der Waals surface area contributed by atoms with Crippen LogP contribution in [0.5, 0.6) is 0 Å². The Kier molecular flexibility index (Phi) is 3.00. The molecule has 2 rings (SSSR count). The predicted octanol–water partition coefficient (Wildman–Crippen LogP) is 3.34. The van der Waals surface area contributed by atoms with Crippen LogP contribution in [-0.4, -0.2) is 6.61 Å². The molecule has 0 unspecified atom stereocenters. The van der Waals surface area contributed by atoms with Gasteiger partial charge in [-0.15, -0.1) is 6.58 Å². The summed E-state index contributed by atoms with van der Waals surface area (Å²) in [7, 11) is 0. The zero-order valence-corrected chi connectivity index (χ0v) is 8.36. The zero-order valence-electron chi connectivity index (χ0n) is 8.36. The Hall–Kier alpha value is -1.08. The third kappa shape index (κ3) is 1.88. The van der Waals surface area contributed by atoms with Crippen molar-refractivity contribution >= 4 is 0 Å². The second-order valence-electron chi connectivity index (χ2n) is 3.74. The average molecular weight is 188 g/mol. The minimum Gasteiger partial charge on any atom is -0.373 e. The molecule has 2 atom stereocenters. The first-order chi connectivity index (χ1) is 6.92. The summed E-state index contributed by atoms with van der Waals surface area (Å²) in [5.41, 5.74) is 1.28. The van der Waals surface area contributed by atoms with Crippen LogP contribution >= 0.6 is 0 Å². The molecule has 1 saturated heterocycles. The van der Waals surface area contributed by atoms with E-state index in [1.807, 2.05) is 12.1 Å². The maximum Gasteiger partial charge on any atom is 0.0887 e. The van der Waals surface area contributed by atoms with Crippen molar-refractivity contribution in [3.8, 4) is 0 Å². The van der Waals surface area contributed by atoms with Crippen molar-refractivity contribution in [3.63, 3.8) is 0 Å². The van der Waals surface area contributed by atoms with E-state index in [4.69, 9.17) is 4.74 Å². The van der Waals surface area contributed by atoms with Crippen molar-refractivity contribution in [2.75, 3.05) is 6.61 Å². The lowest BCUT2D eigenvalue weighted by atomic mass is 9.90.